The highest BCUT2D eigenvalue weighted by Crippen LogP contribution is 2.42. The van der Waals surface area contributed by atoms with Crippen LogP contribution in [0.3, 0.4) is 0 Å². The predicted molar refractivity (Wildman–Crippen MR) is 46.3 cm³/mol. The van der Waals surface area contributed by atoms with E-state index in [2.05, 4.69) is 27.7 Å². The van der Waals surface area contributed by atoms with Crippen LogP contribution in [-0.2, 0) is 4.74 Å². The molecule has 0 radical (unpaired) electrons. The van der Waals surface area contributed by atoms with Crippen molar-refractivity contribution in [1.29, 1.82) is 0 Å². The van der Waals surface area contributed by atoms with Gasteiger partial charge in [-0.25, -0.2) is 0 Å². The lowest BCUT2D eigenvalue weighted by atomic mass is 10.2. The molecule has 0 spiro atoms. The van der Waals surface area contributed by atoms with Crippen LogP contribution in [0.2, 0.25) is 0 Å². The summed E-state index contributed by atoms with van der Waals surface area (Å²) >= 11 is 1.95. The molecule has 1 rings (SSSR count). The highest BCUT2D eigenvalue weighted by atomic mass is 32.2. The summed E-state index contributed by atoms with van der Waals surface area (Å²) in [7, 11) is 0. The summed E-state index contributed by atoms with van der Waals surface area (Å²) in [6.45, 7) is 8.67. The molecule has 1 fully saturated rings. The standard InChI is InChI=1S/C8H16OS/c1-5-7-6(2)9-8(3,4)10-7/h6-7H,5H2,1-4H3/t6-,7-/m0/s1. The van der Waals surface area contributed by atoms with Crippen molar-refractivity contribution in [2.75, 3.05) is 0 Å². The molecule has 0 aliphatic carbocycles. The Balaban J connectivity index is 2.52. The number of thioether (sulfide) groups is 1. The smallest absolute Gasteiger partial charge is 0.108 e. The second kappa shape index (κ2) is 2.74. The molecule has 0 amide bonds. The predicted octanol–water partition coefficient (Wildman–Crippen LogP) is 2.65. The topological polar surface area (TPSA) is 9.23 Å². The van der Waals surface area contributed by atoms with Crippen molar-refractivity contribution < 1.29 is 4.74 Å². The molecule has 1 nitrogen and oxygen atoms in total. The third-order valence-corrected chi connectivity index (χ3v) is 3.51. The maximum Gasteiger partial charge on any atom is 0.108 e. The molecule has 1 aliphatic rings. The first-order chi connectivity index (χ1) is 4.55. The summed E-state index contributed by atoms with van der Waals surface area (Å²) in [4.78, 5) is 0.0556. The molecule has 0 unspecified atom stereocenters. The van der Waals surface area contributed by atoms with Crippen molar-refractivity contribution in [1.82, 2.24) is 0 Å². The van der Waals surface area contributed by atoms with Gasteiger partial charge in [-0.15, -0.1) is 11.8 Å². The van der Waals surface area contributed by atoms with Gasteiger partial charge < -0.3 is 4.74 Å². The fourth-order valence-electron chi connectivity index (χ4n) is 1.43. The number of ether oxygens (including phenoxy) is 1. The lowest BCUT2D eigenvalue weighted by molar-refractivity contribution is 0.0156. The minimum absolute atomic E-state index is 0.0556. The van der Waals surface area contributed by atoms with Crippen LogP contribution in [0.4, 0.5) is 0 Å². The Kier molecular flexibility index (Phi) is 2.31. The molecule has 2 atom stereocenters. The van der Waals surface area contributed by atoms with Crippen LogP contribution in [0.25, 0.3) is 0 Å². The van der Waals surface area contributed by atoms with Gasteiger partial charge in [0.25, 0.3) is 0 Å². The largest absolute Gasteiger partial charge is 0.361 e. The molecule has 0 aromatic heterocycles. The van der Waals surface area contributed by atoms with E-state index >= 15 is 0 Å². The number of hydrogen-bond donors (Lipinski definition) is 0. The molecular weight excluding hydrogens is 144 g/mol. The fraction of sp³-hybridized carbons (Fsp3) is 1.00. The Hall–Kier alpha value is 0.310. The van der Waals surface area contributed by atoms with Crippen LogP contribution >= 0.6 is 11.8 Å². The third-order valence-electron chi connectivity index (χ3n) is 1.83. The quantitative estimate of drug-likeness (QED) is 0.583. The lowest BCUT2D eigenvalue weighted by Gasteiger charge is -2.15. The highest BCUT2D eigenvalue weighted by molar-refractivity contribution is 8.01. The van der Waals surface area contributed by atoms with E-state index in [1.165, 1.54) is 6.42 Å². The normalized spacial score (nSPS) is 38.4. The van der Waals surface area contributed by atoms with E-state index in [1.807, 2.05) is 11.8 Å². The summed E-state index contributed by atoms with van der Waals surface area (Å²) in [5.41, 5.74) is 0. The molecule has 0 aromatic rings. The van der Waals surface area contributed by atoms with Crippen molar-refractivity contribution in [3.63, 3.8) is 0 Å². The van der Waals surface area contributed by atoms with Gasteiger partial charge in [0.15, 0.2) is 0 Å². The fourth-order valence-corrected chi connectivity index (χ4v) is 2.78. The highest BCUT2D eigenvalue weighted by Gasteiger charge is 2.36. The molecule has 0 aromatic carbocycles. The maximum absolute atomic E-state index is 5.72. The van der Waals surface area contributed by atoms with E-state index in [0.717, 1.165) is 0 Å². The Morgan fingerprint density at radius 2 is 2.10 bits per heavy atom. The summed E-state index contributed by atoms with van der Waals surface area (Å²) in [5, 5.41) is 0.704. The van der Waals surface area contributed by atoms with Crippen LogP contribution in [0.15, 0.2) is 0 Å². The number of hydrogen-bond acceptors (Lipinski definition) is 2. The van der Waals surface area contributed by atoms with Crippen molar-refractivity contribution in [2.24, 2.45) is 0 Å². The van der Waals surface area contributed by atoms with Gasteiger partial charge in [0.1, 0.15) is 4.93 Å². The van der Waals surface area contributed by atoms with Gasteiger partial charge in [0, 0.05) is 5.25 Å². The van der Waals surface area contributed by atoms with Gasteiger partial charge in [-0.05, 0) is 27.2 Å². The van der Waals surface area contributed by atoms with Crippen molar-refractivity contribution in [2.45, 2.75) is 50.4 Å². The molecule has 0 bridgehead atoms. The van der Waals surface area contributed by atoms with Crippen LogP contribution in [-0.4, -0.2) is 16.3 Å². The average Bonchev–Trinajstić information content (AvgIpc) is 2.05. The molecule has 1 aliphatic heterocycles. The summed E-state index contributed by atoms with van der Waals surface area (Å²) < 4.78 is 5.72. The molecule has 1 saturated heterocycles. The van der Waals surface area contributed by atoms with E-state index in [0.29, 0.717) is 11.4 Å². The Morgan fingerprint density at radius 3 is 2.30 bits per heavy atom. The summed E-state index contributed by atoms with van der Waals surface area (Å²) in [6.07, 6.45) is 1.65. The molecule has 10 heavy (non-hydrogen) atoms. The summed E-state index contributed by atoms with van der Waals surface area (Å²) in [6, 6.07) is 0. The van der Waals surface area contributed by atoms with Crippen LogP contribution < -0.4 is 0 Å². The van der Waals surface area contributed by atoms with E-state index in [4.69, 9.17) is 4.74 Å². The van der Waals surface area contributed by atoms with Gasteiger partial charge in [-0.1, -0.05) is 6.92 Å². The Morgan fingerprint density at radius 1 is 1.50 bits per heavy atom. The molecule has 0 saturated carbocycles. The van der Waals surface area contributed by atoms with Crippen LogP contribution in [0, 0.1) is 0 Å². The molecule has 2 heteroatoms. The van der Waals surface area contributed by atoms with Crippen LogP contribution in [0.1, 0.15) is 34.1 Å². The summed E-state index contributed by atoms with van der Waals surface area (Å²) in [5.74, 6) is 0. The van der Waals surface area contributed by atoms with Gasteiger partial charge in [0.2, 0.25) is 0 Å². The first-order valence-corrected chi connectivity index (χ1v) is 4.79. The number of rotatable bonds is 1. The van der Waals surface area contributed by atoms with Gasteiger partial charge in [-0.2, -0.15) is 0 Å². The first-order valence-electron chi connectivity index (χ1n) is 3.91. The minimum Gasteiger partial charge on any atom is -0.361 e. The Labute approximate surface area is 67.5 Å². The van der Waals surface area contributed by atoms with Crippen molar-refractivity contribution >= 4 is 11.8 Å². The second-order valence-electron chi connectivity index (χ2n) is 3.29. The molecule has 1 heterocycles. The Bertz CT molecular complexity index is 122. The molecular formula is C8H16OS. The molecule has 60 valence electrons. The van der Waals surface area contributed by atoms with Crippen LogP contribution in [0.5, 0.6) is 0 Å². The SMILES string of the molecule is CC[C@@H]1SC(C)(C)O[C@H]1C. The first kappa shape index (κ1) is 8.41. The van der Waals surface area contributed by atoms with Gasteiger partial charge in [-0.3, -0.25) is 0 Å². The van der Waals surface area contributed by atoms with Crippen molar-refractivity contribution in [3.8, 4) is 0 Å². The van der Waals surface area contributed by atoms with Gasteiger partial charge in [0.05, 0.1) is 6.10 Å². The lowest BCUT2D eigenvalue weighted by Crippen LogP contribution is -2.17. The zero-order valence-electron chi connectivity index (χ0n) is 7.18. The second-order valence-corrected chi connectivity index (χ2v) is 5.11. The van der Waals surface area contributed by atoms with E-state index in [-0.39, 0.29) is 4.93 Å². The van der Waals surface area contributed by atoms with E-state index in [1.54, 1.807) is 0 Å². The van der Waals surface area contributed by atoms with E-state index < -0.39 is 0 Å². The van der Waals surface area contributed by atoms with Crippen molar-refractivity contribution in [3.05, 3.63) is 0 Å². The average molecular weight is 160 g/mol. The van der Waals surface area contributed by atoms with Gasteiger partial charge >= 0.3 is 0 Å². The molecule has 0 N–H and O–H groups in total. The maximum atomic E-state index is 5.72. The zero-order chi connectivity index (χ0) is 7.78. The monoisotopic (exact) mass is 160 g/mol. The zero-order valence-corrected chi connectivity index (χ0v) is 7.99. The van der Waals surface area contributed by atoms with E-state index in [9.17, 15) is 0 Å². The minimum atomic E-state index is 0.0556. The third kappa shape index (κ3) is 1.67.